The van der Waals surface area contributed by atoms with E-state index < -0.39 is 0 Å². The Bertz CT molecular complexity index is 439. The number of anilines is 1. The summed E-state index contributed by atoms with van der Waals surface area (Å²) in [4.78, 5) is 11.9. The zero-order chi connectivity index (χ0) is 12.5. The van der Waals surface area contributed by atoms with E-state index in [0.29, 0.717) is 31.0 Å². The predicted octanol–water partition coefficient (Wildman–Crippen LogP) is 1.34. The SMILES string of the molecule is Cc1ccc(C(=O)NCC2(C)COC2)cc1N. The van der Waals surface area contributed by atoms with E-state index in [1.54, 1.807) is 12.1 Å². The number of nitrogens with one attached hydrogen (secondary N) is 1. The highest BCUT2D eigenvalue weighted by Crippen LogP contribution is 2.25. The minimum Gasteiger partial charge on any atom is -0.398 e. The Kier molecular flexibility index (Phi) is 3.07. The van der Waals surface area contributed by atoms with Gasteiger partial charge in [0.1, 0.15) is 0 Å². The fourth-order valence-electron chi connectivity index (χ4n) is 1.73. The van der Waals surface area contributed by atoms with Crippen molar-refractivity contribution >= 4 is 11.6 Å². The summed E-state index contributed by atoms with van der Waals surface area (Å²) in [6.07, 6.45) is 0. The normalized spacial score (nSPS) is 17.3. The van der Waals surface area contributed by atoms with Crippen molar-refractivity contribution in [3.63, 3.8) is 0 Å². The van der Waals surface area contributed by atoms with Crippen molar-refractivity contribution in [3.8, 4) is 0 Å². The number of hydrogen-bond donors (Lipinski definition) is 2. The van der Waals surface area contributed by atoms with Crippen LogP contribution in [0.4, 0.5) is 5.69 Å². The van der Waals surface area contributed by atoms with Crippen molar-refractivity contribution in [2.45, 2.75) is 13.8 Å². The first kappa shape index (κ1) is 11.9. The molecule has 1 fully saturated rings. The molecule has 1 aromatic rings. The third kappa shape index (κ3) is 2.58. The van der Waals surface area contributed by atoms with Gasteiger partial charge in [-0.05, 0) is 24.6 Å². The first-order valence-electron chi connectivity index (χ1n) is 5.72. The Morgan fingerprint density at radius 3 is 2.76 bits per heavy atom. The number of aryl methyl sites for hydroxylation is 1. The summed E-state index contributed by atoms with van der Waals surface area (Å²) in [6.45, 7) is 6.08. The Balaban J connectivity index is 1.97. The molecule has 0 aliphatic carbocycles. The number of amides is 1. The molecule has 0 atom stereocenters. The van der Waals surface area contributed by atoms with Crippen LogP contribution in [0, 0.1) is 12.3 Å². The fourth-order valence-corrected chi connectivity index (χ4v) is 1.73. The molecule has 0 saturated carbocycles. The van der Waals surface area contributed by atoms with Crippen LogP contribution in [0.5, 0.6) is 0 Å². The molecule has 1 aliphatic heterocycles. The van der Waals surface area contributed by atoms with Crippen LogP contribution in [0.25, 0.3) is 0 Å². The summed E-state index contributed by atoms with van der Waals surface area (Å²) >= 11 is 0. The van der Waals surface area contributed by atoms with Gasteiger partial charge >= 0.3 is 0 Å². The first-order valence-corrected chi connectivity index (χ1v) is 5.72. The van der Waals surface area contributed by atoms with Crippen LogP contribution in [0.2, 0.25) is 0 Å². The molecule has 1 amide bonds. The molecule has 0 unspecified atom stereocenters. The van der Waals surface area contributed by atoms with Gasteiger partial charge in [0.25, 0.3) is 5.91 Å². The molecule has 1 heterocycles. The maximum atomic E-state index is 11.9. The molecule has 1 aliphatic rings. The van der Waals surface area contributed by atoms with Crippen LogP contribution in [0.3, 0.4) is 0 Å². The quantitative estimate of drug-likeness (QED) is 0.776. The molecule has 92 valence electrons. The second-order valence-electron chi connectivity index (χ2n) is 5.06. The van der Waals surface area contributed by atoms with Crippen molar-refractivity contribution in [1.82, 2.24) is 5.32 Å². The van der Waals surface area contributed by atoms with Gasteiger partial charge in [-0.3, -0.25) is 4.79 Å². The average Bonchev–Trinajstić information content (AvgIpc) is 2.27. The molecule has 1 saturated heterocycles. The lowest BCUT2D eigenvalue weighted by molar-refractivity contribution is -0.0978. The smallest absolute Gasteiger partial charge is 0.251 e. The Labute approximate surface area is 101 Å². The zero-order valence-electron chi connectivity index (χ0n) is 10.2. The number of carbonyl (C=O) groups is 1. The van der Waals surface area contributed by atoms with Crippen LogP contribution in [0.15, 0.2) is 18.2 Å². The summed E-state index contributed by atoms with van der Waals surface area (Å²) in [6, 6.07) is 5.36. The number of hydrogen-bond acceptors (Lipinski definition) is 3. The maximum absolute atomic E-state index is 11.9. The molecule has 4 nitrogen and oxygen atoms in total. The lowest BCUT2D eigenvalue weighted by Gasteiger charge is -2.38. The first-order chi connectivity index (χ1) is 8.00. The molecule has 0 bridgehead atoms. The summed E-state index contributed by atoms with van der Waals surface area (Å²) in [5.74, 6) is -0.0789. The number of nitrogen functional groups attached to an aromatic ring is 1. The van der Waals surface area contributed by atoms with E-state index in [1.807, 2.05) is 13.0 Å². The Morgan fingerprint density at radius 1 is 1.53 bits per heavy atom. The van der Waals surface area contributed by atoms with Crippen LogP contribution < -0.4 is 11.1 Å². The standard InChI is InChI=1S/C13H18N2O2/c1-9-3-4-10(5-11(9)14)12(16)15-6-13(2)7-17-8-13/h3-5H,6-8,14H2,1-2H3,(H,15,16). The molecule has 0 aromatic heterocycles. The highest BCUT2D eigenvalue weighted by Gasteiger charge is 2.33. The van der Waals surface area contributed by atoms with Gasteiger partial charge in [-0.25, -0.2) is 0 Å². The van der Waals surface area contributed by atoms with Crippen LogP contribution in [-0.4, -0.2) is 25.7 Å². The lowest BCUT2D eigenvalue weighted by atomic mass is 9.88. The summed E-state index contributed by atoms with van der Waals surface area (Å²) in [5.41, 5.74) is 8.11. The molecular weight excluding hydrogens is 216 g/mol. The van der Waals surface area contributed by atoms with Crippen molar-refractivity contribution in [1.29, 1.82) is 0 Å². The fraction of sp³-hybridized carbons (Fsp3) is 0.462. The molecule has 3 N–H and O–H groups in total. The van der Waals surface area contributed by atoms with Crippen LogP contribution in [-0.2, 0) is 4.74 Å². The van der Waals surface area contributed by atoms with E-state index in [9.17, 15) is 4.79 Å². The zero-order valence-corrected chi connectivity index (χ0v) is 10.2. The third-order valence-electron chi connectivity index (χ3n) is 3.12. The summed E-state index contributed by atoms with van der Waals surface area (Å²) in [7, 11) is 0. The molecule has 17 heavy (non-hydrogen) atoms. The Hall–Kier alpha value is -1.55. The van der Waals surface area contributed by atoms with E-state index in [-0.39, 0.29) is 11.3 Å². The highest BCUT2D eigenvalue weighted by atomic mass is 16.5. The van der Waals surface area contributed by atoms with Gasteiger partial charge in [0.2, 0.25) is 0 Å². The van der Waals surface area contributed by atoms with Crippen molar-refractivity contribution in [2.24, 2.45) is 5.41 Å². The average molecular weight is 234 g/mol. The van der Waals surface area contributed by atoms with E-state index in [2.05, 4.69) is 12.2 Å². The van der Waals surface area contributed by atoms with E-state index in [1.165, 1.54) is 0 Å². The maximum Gasteiger partial charge on any atom is 0.251 e. The second-order valence-corrected chi connectivity index (χ2v) is 5.06. The minimum atomic E-state index is -0.0789. The summed E-state index contributed by atoms with van der Waals surface area (Å²) < 4.78 is 5.14. The largest absolute Gasteiger partial charge is 0.398 e. The molecule has 0 radical (unpaired) electrons. The van der Waals surface area contributed by atoms with Gasteiger partial charge in [0.05, 0.1) is 13.2 Å². The topological polar surface area (TPSA) is 64.3 Å². The number of nitrogens with two attached hydrogens (primary N) is 1. The van der Waals surface area contributed by atoms with Gasteiger partial charge in [0.15, 0.2) is 0 Å². The van der Waals surface area contributed by atoms with Gasteiger partial charge < -0.3 is 15.8 Å². The van der Waals surface area contributed by atoms with Gasteiger partial charge in [-0.15, -0.1) is 0 Å². The Morgan fingerprint density at radius 2 is 2.24 bits per heavy atom. The monoisotopic (exact) mass is 234 g/mol. The third-order valence-corrected chi connectivity index (χ3v) is 3.12. The molecule has 4 heteroatoms. The summed E-state index contributed by atoms with van der Waals surface area (Å²) in [5, 5.41) is 2.91. The van der Waals surface area contributed by atoms with Crippen LogP contribution in [0.1, 0.15) is 22.8 Å². The molecular formula is C13H18N2O2. The molecule has 0 spiro atoms. The van der Waals surface area contributed by atoms with Crippen LogP contribution >= 0.6 is 0 Å². The van der Waals surface area contributed by atoms with Crippen molar-refractivity contribution in [3.05, 3.63) is 29.3 Å². The molecule has 1 aromatic carbocycles. The number of ether oxygens (including phenoxy) is 1. The van der Waals surface area contributed by atoms with Gasteiger partial charge in [-0.2, -0.15) is 0 Å². The number of benzene rings is 1. The highest BCUT2D eigenvalue weighted by molar-refractivity contribution is 5.95. The number of carbonyl (C=O) groups excluding carboxylic acids is 1. The van der Waals surface area contributed by atoms with E-state index in [0.717, 1.165) is 5.56 Å². The van der Waals surface area contributed by atoms with E-state index >= 15 is 0 Å². The minimum absolute atomic E-state index is 0.0789. The van der Waals surface area contributed by atoms with E-state index in [4.69, 9.17) is 10.5 Å². The van der Waals surface area contributed by atoms with Crippen molar-refractivity contribution < 1.29 is 9.53 Å². The van der Waals surface area contributed by atoms with Gasteiger partial charge in [0, 0.05) is 23.2 Å². The van der Waals surface area contributed by atoms with Crippen molar-refractivity contribution in [2.75, 3.05) is 25.5 Å². The van der Waals surface area contributed by atoms with Gasteiger partial charge in [-0.1, -0.05) is 13.0 Å². The number of rotatable bonds is 3. The lowest BCUT2D eigenvalue weighted by Crippen LogP contribution is -2.48. The molecule has 2 rings (SSSR count). The second kappa shape index (κ2) is 4.37. The predicted molar refractivity (Wildman–Crippen MR) is 66.9 cm³/mol.